The maximum absolute atomic E-state index is 13.8. The molecule has 0 unspecified atom stereocenters. The number of carbonyl (C=O) groups is 2. The quantitative estimate of drug-likeness (QED) is 0.876. The SMILES string of the molecule is CC(C)N(CC1CC1)C(=O)Nc1c(F)cccc1C(=O)O. The summed E-state index contributed by atoms with van der Waals surface area (Å²) in [6.45, 7) is 4.36. The molecule has 0 heterocycles. The number of carboxylic acids is 1. The highest BCUT2D eigenvalue weighted by Gasteiger charge is 2.29. The van der Waals surface area contributed by atoms with Crippen molar-refractivity contribution >= 4 is 17.7 Å². The Balaban J connectivity index is 2.19. The monoisotopic (exact) mass is 294 g/mol. The van der Waals surface area contributed by atoms with Crippen LogP contribution in [0, 0.1) is 11.7 Å². The number of rotatable bonds is 5. The van der Waals surface area contributed by atoms with Crippen LogP contribution in [0.3, 0.4) is 0 Å². The zero-order valence-corrected chi connectivity index (χ0v) is 12.1. The summed E-state index contributed by atoms with van der Waals surface area (Å²) in [6.07, 6.45) is 2.19. The van der Waals surface area contributed by atoms with Gasteiger partial charge in [0.05, 0.1) is 11.3 Å². The smallest absolute Gasteiger partial charge is 0.337 e. The van der Waals surface area contributed by atoms with Crippen LogP contribution in [0.25, 0.3) is 0 Å². The normalized spacial score (nSPS) is 14.1. The lowest BCUT2D eigenvalue weighted by Gasteiger charge is -2.27. The first-order chi connectivity index (χ1) is 9.90. The average Bonchev–Trinajstić information content (AvgIpc) is 3.21. The Morgan fingerprint density at radius 2 is 2.10 bits per heavy atom. The van der Waals surface area contributed by atoms with Crippen molar-refractivity contribution in [1.29, 1.82) is 0 Å². The molecule has 0 bridgehead atoms. The summed E-state index contributed by atoms with van der Waals surface area (Å²) in [7, 11) is 0. The average molecular weight is 294 g/mol. The minimum atomic E-state index is -1.27. The third-order valence-corrected chi connectivity index (χ3v) is 3.51. The Bertz CT molecular complexity index is 556. The molecule has 1 aliphatic carbocycles. The first-order valence-corrected chi connectivity index (χ1v) is 6.99. The number of hydrogen-bond donors (Lipinski definition) is 2. The number of carboxylic acid groups (broad SMARTS) is 1. The molecule has 114 valence electrons. The van der Waals surface area contributed by atoms with Gasteiger partial charge >= 0.3 is 12.0 Å². The third kappa shape index (κ3) is 3.71. The first-order valence-electron chi connectivity index (χ1n) is 6.99. The Labute approximate surface area is 122 Å². The van der Waals surface area contributed by atoms with Crippen molar-refractivity contribution in [3.05, 3.63) is 29.6 Å². The van der Waals surface area contributed by atoms with E-state index >= 15 is 0 Å². The van der Waals surface area contributed by atoms with Crippen molar-refractivity contribution < 1.29 is 19.1 Å². The first kappa shape index (κ1) is 15.3. The van der Waals surface area contributed by atoms with Crippen LogP contribution in [0.2, 0.25) is 0 Å². The fourth-order valence-electron chi connectivity index (χ4n) is 2.11. The summed E-state index contributed by atoms with van der Waals surface area (Å²) in [6, 6.07) is 3.19. The van der Waals surface area contributed by atoms with Gasteiger partial charge in [-0.25, -0.2) is 14.0 Å². The number of nitrogens with one attached hydrogen (secondary N) is 1. The van der Waals surface area contributed by atoms with E-state index in [1.165, 1.54) is 12.1 Å². The van der Waals surface area contributed by atoms with Crippen molar-refractivity contribution in [2.24, 2.45) is 5.92 Å². The minimum Gasteiger partial charge on any atom is -0.478 e. The summed E-state index contributed by atoms with van der Waals surface area (Å²) >= 11 is 0. The van der Waals surface area contributed by atoms with Crippen LogP contribution in [-0.4, -0.2) is 34.6 Å². The van der Waals surface area contributed by atoms with E-state index in [9.17, 15) is 14.0 Å². The molecule has 0 saturated heterocycles. The van der Waals surface area contributed by atoms with Gasteiger partial charge in [-0.05, 0) is 44.7 Å². The molecule has 0 spiro atoms. The number of anilines is 1. The topological polar surface area (TPSA) is 69.6 Å². The number of carbonyl (C=O) groups excluding carboxylic acids is 1. The van der Waals surface area contributed by atoms with E-state index < -0.39 is 17.8 Å². The zero-order chi connectivity index (χ0) is 15.6. The van der Waals surface area contributed by atoms with Crippen LogP contribution < -0.4 is 5.32 Å². The van der Waals surface area contributed by atoms with Gasteiger partial charge in [-0.15, -0.1) is 0 Å². The second-order valence-corrected chi connectivity index (χ2v) is 5.59. The van der Waals surface area contributed by atoms with Crippen LogP contribution in [0.15, 0.2) is 18.2 Å². The van der Waals surface area contributed by atoms with Gasteiger partial charge in [0, 0.05) is 12.6 Å². The van der Waals surface area contributed by atoms with Gasteiger partial charge in [-0.2, -0.15) is 0 Å². The van der Waals surface area contributed by atoms with Crippen LogP contribution in [0.4, 0.5) is 14.9 Å². The zero-order valence-electron chi connectivity index (χ0n) is 12.1. The highest BCUT2D eigenvalue weighted by Crippen LogP contribution is 2.30. The fraction of sp³-hybridized carbons (Fsp3) is 0.467. The molecule has 1 aliphatic rings. The van der Waals surface area contributed by atoms with E-state index in [0.717, 1.165) is 18.9 Å². The highest BCUT2D eigenvalue weighted by atomic mass is 19.1. The Morgan fingerprint density at radius 1 is 1.43 bits per heavy atom. The number of amides is 2. The molecule has 1 aromatic carbocycles. The van der Waals surface area contributed by atoms with Gasteiger partial charge in [0.2, 0.25) is 0 Å². The van der Waals surface area contributed by atoms with Crippen LogP contribution >= 0.6 is 0 Å². The number of hydrogen-bond acceptors (Lipinski definition) is 2. The fourth-order valence-corrected chi connectivity index (χ4v) is 2.11. The molecular weight excluding hydrogens is 275 g/mol. The number of para-hydroxylation sites is 1. The van der Waals surface area contributed by atoms with Crippen molar-refractivity contribution in [2.45, 2.75) is 32.7 Å². The van der Waals surface area contributed by atoms with E-state index in [1.807, 2.05) is 13.8 Å². The van der Waals surface area contributed by atoms with E-state index in [1.54, 1.807) is 4.90 Å². The van der Waals surface area contributed by atoms with Gasteiger partial charge in [0.15, 0.2) is 0 Å². The number of benzene rings is 1. The van der Waals surface area contributed by atoms with Crippen molar-refractivity contribution in [3.63, 3.8) is 0 Å². The van der Waals surface area contributed by atoms with Gasteiger partial charge in [0.1, 0.15) is 5.82 Å². The molecule has 5 nitrogen and oxygen atoms in total. The summed E-state index contributed by atoms with van der Waals surface area (Å²) in [5, 5.41) is 11.5. The Morgan fingerprint density at radius 3 is 2.62 bits per heavy atom. The molecule has 2 rings (SSSR count). The van der Waals surface area contributed by atoms with E-state index in [4.69, 9.17) is 5.11 Å². The van der Waals surface area contributed by atoms with Crippen LogP contribution in [0.1, 0.15) is 37.0 Å². The minimum absolute atomic E-state index is 0.0364. The van der Waals surface area contributed by atoms with E-state index in [0.29, 0.717) is 12.5 Å². The van der Waals surface area contributed by atoms with Crippen LogP contribution in [-0.2, 0) is 0 Å². The number of halogens is 1. The predicted octanol–water partition coefficient (Wildman–Crippen LogP) is 3.18. The van der Waals surface area contributed by atoms with Crippen LogP contribution in [0.5, 0.6) is 0 Å². The summed E-state index contributed by atoms with van der Waals surface area (Å²) < 4.78 is 13.8. The van der Waals surface area contributed by atoms with E-state index in [2.05, 4.69) is 5.32 Å². The predicted molar refractivity (Wildman–Crippen MR) is 76.9 cm³/mol. The summed E-state index contributed by atoms with van der Waals surface area (Å²) in [5.74, 6) is -1.53. The largest absolute Gasteiger partial charge is 0.478 e. The molecule has 1 fully saturated rings. The molecule has 0 aliphatic heterocycles. The van der Waals surface area contributed by atoms with Gasteiger partial charge in [-0.1, -0.05) is 6.07 Å². The molecule has 1 saturated carbocycles. The maximum atomic E-state index is 13.8. The highest BCUT2D eigenvalue weighted by molar-refractivity contribution is 6.00. The second kappa shape index (κ2) is 6.11. The second-order valence-electron chi connectivity index (χ2n) is 5.59. The number of aromatic carboxylic acids is 1. The molecule has 21 heavy (non-hydrogen) atoms. The molecule has 2 N–H and O–H groups in total. The third-order valence-electron chi connectivity index (χ3n) is 3.51. The Hall–Kier alpha value is -2.11. The molecular formula is C15H19FN2O3. The van der Waals surface area contributed by atoms with E-state index in [-0.39, 0.29) is 17.3 Å². The lowest BCUT2D eigenvalue weighted by molar-refractivity contribution is 0.0697. The summed E-state index contributed by atoms with van der Waals surface area (Å²) in [4.78, 5) is 25.0. The lowest BCUT2D eigenvalue weighted by atomic mass is 10.1. The lowest BCUT2D eigenvalue weighted by Crippen LogP contribution is -2.41. The standard InChI is InChI=1S/C15H19FN2O3/c1-9(2)18(8-10-6-7-10)15(21)17-13-11(14(19)20)4-3-5-12(13)16/h3-5,9-10H,6-8H2,1-2H3,(H,17,21)(H,19,20). The molecule has 2 amide bonds. The van der Waals surface area contributed by atoms with Gasteiger partial charge in [-0.3, -0.25) is 0 Å². The molecule has 0 radical (unpaired) electrons. The van der Waals surface area contributed by atoms with Crippen molar-refractivity contribution in [1.82, 2.24) is 4.90 Å². The van der Waals surface area contributed by atoms with Crippen molar-refractivity contribution in [3.8, 4) is 0 Å². The molecule has 6 heteroatoms. The van der Waals surface area contributed by atoms with Crippen molar-refractivity contribution in [2.75, 3.05) is 11.9 Å². The Kier molecular flexibility index (Phi) is 4.45. The molecule has 0 aromatic heterocycles. The van der Waals surface area contributed by atoms with Gasteiger partial charge in [0.25, 0.3) is 0 Å². The maximum Gasteiger partial charge on any atom is 0.337 e. The summed E-state index contributed by atoms with van der Waals surface area (Å²) in [5.41, 5.74) is -0.532. The van der Waals surface area contributed by atoms with Gasteiger partial charge < -0.3 is 15.3 Å². The number of nitrogens with zero attached hydrogens (tertiary/aromatic N) is 1. The molecule has 0 atom stereocenters. The molecule has 1 aromatic rings. The number of urea groups is 1.